The number of thioether (sulfide) groups is 1. The van der Waals surface area contributed by atoms with E-state index in [0.717, 1.165) is 17.7 Å². The van der Waals surface area contributed by atoms with E-state index in [1.165, 1.54) is 17.7 Å². The van der Waals surface area contributed by atoms with E-state index in [1.54, 1.807) is 0 Å². The van der Waals surface area contributed by atoms with E-state index in [9.17, 15) is 14.7 Å². The normalized spacial score (nSPS) is 18.1. The second-order valence-electron chi connectivity index (χ2n) is 6.29. The summed E-state index contributed by atoms with van der Waals surface area (Å²) in [5.41, 5.74) is 1.07. The van der Waals surface area contributed by atoms with Crippen molar-refractivity contribution in [1.29, 1.82) is 0 Å². The van der Waals surface area contributed by atoms with Gasteiger partial charge in [0, 0.05) is 24.2 Å². The summed E-state index contributed by atoms with van der Waals surface area (Å²) >= 11 is 1.84. The number of aliphatic hydroxyl groups excluding tert-OH is 1. The molecule has 1 saturated carbocycles. The number of carbonyl (C=O) groups is 2. The van der Waals surface area contributed by atoms with E-state index >= 15 is 0 Å². The molecule has 1 aliphatic rings. The molecule has 0 heterocycles. The number of Topliss-reactive ketones (excluding diaryl/α,β-unsaturated/α-hetero) is 2. The minimum atomic E-state index is -0.219. The maximum Gasteiger partial charge on any atom is 0.170 e. The summed E-state index contributed by atoms with van der Waals surface area (Å²) in [6.45, 7) is 4.10. The number of unbranched alkanes of at least 4 members (excludes halogenated alkanes) is 1. The largest absolute Gasteiger partial charge is 0.511 e. The standard InChI is InChI=1S/C20H26O3S/c1-3-5-11-24-16-9-7-14(8-10-16)15-12-18(22)20(19(23)13-15)17(21)6-4-2/h7-10,15,21H,3-6,11-13H2,1-2H3. The Labute approximate surface area is 148 Å². The highest BCUT2D eigenvalue weighted by Gasteiger charge is 2.33. The van der Waals surface area contributed by atoms with E-state index in [2.05, 4.69) is 19.1 Å². The average molecular weight is 346 g/mol. The summed E-state index contributed by atoms with van der Waals surface area (Å²) < 4.78 is 0. The van der Waals surface area contributed by atoms with Gasteiger partial charge in [-0.1, -0.05) is 32.4 Å². The zero-order valence-corrected chi connectivity index (χ0v) is 15.3. The van der Waals surface area contributed by atoms with Crippen molar-refractivity contribution in [2.75, 3.05) is 5.75 Å². The highest BCUT2D eigenvalue weighted by Crippen LogP contribution is 2.34. The molecule has 0 atom stereocenters. The molecule has 130 valence electrons. The fourth-order valence-corrected chi connectivity index (χ4v) is 3.97. The molecule has 1 fully saturated rings. The van der Waals surface area contributed by atoms with E-state index in [1.807, 2.05) is 30.8 Å². The van der Waals surface area contributed by atoms with Gasteiger partial charge in [0.1, 0.15) is 5.76 Å². The summed E-state index contributed by atoms with van der Waals surface area (Å²) in [4.78, 5) is 25.8. The van der Waals surface area contributed by atoms with Gasteiger partial charge < -0.3 is 5.11 Å². The van der Waals surface area contributed by atoms with Crippen LogP contribution in [0.15, 0.2) is 40.5 Å². The van der Waals surface area contributed by atoms with Crippen LogP contribution in [0.25, 0.3) is 0 Å². The van der Waals surface area contributed by atoms with Crippen LogP contribution in [0.2, 0.25) is 0 Å². The predicted octanol–water partition coefficient (Wildman–Crippen LogP) is 5.21. The Kier molecular flexibility index (Phi) is 7.10. The summed E-state index contributed by atoms with van der Waals surface area (Å²) in [6, 6.07) is 8.20. The molecule has 0 aliphatic heterocycles. The van der Waals surface area contributed by atoms with Gasteiger partial charge in [0.25, 0.3) is 0 Å². The molecule has 1 aromatic rings. The molecule has 0 spiro atoms. The van der Waals surface area contributed by atoms with Gasteiger partial charge in [-0.05, 0) is 42.2 Å². The highest BCUT2D eigenvalue weighted by molar-refractivity contribution is 7.99. The van der Waals surface area contributed by atoms with Crippen molar-refractivity contribution in [2.45, 2.75) is 63.2 Å². The van der Waals surface area contributed by atoms with Crippen LogP contribution in [-0.2, 0) is 9.59 Å². The smallest absolute Gasteiger partial charge is 0.170 e. The lowest BCUT2D eigenvalue weighted by molar-refractivity contribution is -0.124. The maximum atomic E-state index is 12.3. The first-order valence-electron chi connectivity index (χ1n) is 8.78. The average Bonchev–Trinajstić information content (AvgIpc) is 2.55. The molecule has 1 aromatic carbocycles. The van der Waals surface area contributed by atoms with Crippen molar-refractivity contribution in [2.24, 2.45) is 0 Å². The molecule has 4 heteroatoms. The third-order valence-corrected chi connectivity index (χ3v) is 5.41. The van der Waals surface area contributed by atoms with Crippen molar-refractivity contribution < 1.29 is 14.7 Å². The zero-order chi connectivity index (χ0) is 17.5. The van der Waals surface area contributed by atoms with Crippen molar-refractivity contribution in [1.82, 2.24) is 0 Å². The number of benzene rings is 1. The van der Waals surface area contributed by atoms with E-state index in [-0.39, 0.29) is 28.8 Å². The molecular weight excluding hydrogens is 320 g/mol. The lowest BCUT2D eigenvalue weighted by Gasteiger charge is -2.23. The fraction of sp³-hybridized carbons (Fsp3) is 0.500. The SMILES string of the molecule is CCCCSc1ccc(C2CC(=O)C(=C(O)CCC)C(=O)C2)cc1. The van der Waals surface area contributed by atoms with Gasteiger partial charge in [-0.2, -0.15) is 0 Å². The van der Waals surface area contributed by atoms with Crippen LogP contribution < -0.4 is 0 Å². The third-order valence-electron chi connectivity index (χ3n) is 4.31. The van der Waals surface area contributed by atoms with Gasteiger partial charge in [0.2, 0.25) is 0 Å². The second kappa shape index (κ2) is 9.07. The molecule has 3 nitrogen and oxygen atoms in total. The Balaban J connectivity index is 2.06. The molecule has 0 aromatic heterocycles. The Morgan fingerprint density at radius 3 is 2.25 bits per heavy atom. The lowest BCUT2D eigenvalue weighted by atomic mass is 9.79. The van der Waals surface area contributed by atoms with Crippen LogP contribution in [-0.4, -0.2) is 22.4 Å². The monoisotopic (exact) mass is 346 g/mol. The number of hydrogen-bond acceptors (Lipinski definition) is 4. The van der Waals surface area contributed by atoms with Gasteiger partial charge >= 0.3 is 0 Å². The minimum absolute atomic E-state index is 0.0337. The Morgan fingerprint density at radius 1 is 1.08 bits per heavy atom. The van der Waals surface area contributed by atoms with Crippen molar-refractivity contribution in [3.63, 3.8) is 0 Å². The summed E-state index contributed by atoms with van der Waals surface area (Å²) in [7, 11) is 0. The van der Waals surface area contributed by atoms with Crippen LogP contribution in [0.5, 0.6) is 0 Å². The topological polar surface area (TPSA) is 54.4 Å². The van der Waals surface area contributed by atoms with Crippen LogP contribution in [0.1, 0.15) is 63.9 Å². The van der Waals surface area contributed by atoms with Gasteiger partial charge in [-0.25, -0.2) is 0 Å². The van der Waals surface area contributed by atoms with E-state index < -0.39 is 0 Å². The van der Waals surface area contributed by atoms with Crippen LogP contribution >= 0.6 is 11.8 Å². The number of ketones is 2. The van der Waals surface area contributed by atoms with Crippen LogP contribution in [0.4, 0.5) is 0 Å². The number of rotatable bonds is 7. The summed E-state index contributed by atoms with van der Waals surface area (Å²) in [5, 5.41) is 9.95. The molecule has 0 bridgehead atoms. The summed E-state index contributed by atoms with van der Waals surface area (Å²) in [6.07, 6.45) is 4.11. The molecular formula is C20H26O3S. The van der Waals surface area contributed by atoms with Crippen molar-refractivity contribution >= 4 is 23.3 Å². The molecule has 1 aliphatic carbocycles. The Bertz CT molecular complexity index is 596. The van der Waals surface area contributed by atoms with E-state index in [0.29, 0.717) is 19.3 Å². The first-order valence-corrected chi connectivity index (χ1v) is 9.76. The summed E-state index contributed by atoms with van der Waals surface area (Å²) in [5.74, 6) is 0.569. The molecule has 2 rings (SSSR count). The highest BCUT2D eigenvalue weighted by atomic mass is 32.2. The molecule has 0 amide bonds. The molecule has 0 saturated heterocycles. The molecule has 0 radical (unpaired) electrons. The number of aliphatic hydroxyl groups is 1. The fourth-order valence-electron chi connectivity index (χ4n) is 2.97. The second-order valence-corrected chi connectivity index (χ2v) is 7.46. The quantitative estimate of drug-likeness (QED) is 0.242. The Morgan fingerprint density at radius 2 is 1.71 bits per heavy atom. The van der Waals surface area contributed by atoms with Crippen molar-refractivity contribution in [3.05, 3.63) is 41.2 Å². The van der Waals surface area contributed by atoms with E-state index in [4.69, 9.17) is 0 Å². The molecule has 0 unspecified atom stereocenters. The molecule has 1 N–H and O–H groups in total. The minimum Gasteiger partial charge on any atom is -0.511 e. The van der Waals surface area contributed by atoms with Gasteiger partial charge in [-0.15, -0.1) is 11.8 Å². The van der Waals surface area contributed by atoms with Crippen LogP contribution in [0, 0.1) is 0 Å². The zero-order valence-electron chi connectivity index (χ0n) is 14.5. The number of carbonyl (C=O) groups excluding carboxylic acids is 2. The Hall–Kier alpha value is -1.55. The lowest BCUT2D eigenvalue weighted by Crippen LogP contribution is -2.26. The predicted molar refractivity (Wildman–Crippen MR) is 98.6 cm³/mol. The molecule has 24 heavy (non-hydrogen) atoms. The number of hydrogen-bond donors (Lipinski definition) is 1. The van der Waals surface area contributed by atoms with Gasteiger partial charge in [-0.3, -0.25) is 9.59 Å². The van der Waals surface area contributed by atoms with Crippen LogP contribution in [0.3, 0.4) is 0 Å². The number of allylic oxidation sites excluding steroid dienone is 2. The maximum absolute atomic E-state index is 12.3. The first kappa shape index (κ1) is 18.8. The first-order chi connectivity index (χ1) is 11.6. The van der Waals surface area contributed by atoms with Gasteiger partial charge in [0.05, 0.1) is 5.57 Å². The van der Waals surface area contributed by atoms with Gasteiger partial charge in [0.15, 0.2) is 11.6 Å². The third kappa shape index (κ3) is 4.73. The van der Waals surface area contributed by atoms with Crippen molar-refractivity contribution in [3.8, 4) is 0 Å².